The molecule has 7 heteroatoms. The molecule has 2 atom stereocenters. The molecule has 2 rings (SSSR count). The van der Waals surface area contributed by atoms with Gasteiger partial charge in [0.2, 0.25) is 0 Å². The molecule has 5 nitrogen and oxygen atoms in total. The molecule has 0 bridgehead atoms. The van der Waals surface area contributed by atoms with Crippen LogP contribution in [-0.2, 0) is 0 Å². The highest BCUT2D eigenvalue weighted by Gasteiger charge is 2.38. The first-order valence-electron chi connectivity index (χ1n) is 7.61. The van der Waals surface area contributed by atoms with Crippen molar-refractivity contribution < 1.29 is 24.2 Å². The van der Waals surface area contributed by atoms with E-state index in [1.54, 1.807) is 13.0 Å². The molecule has 1 aromatic carbocycles. The number of nitrogens with one attached hydrogen (secondary N) is 1. The second-order valence-corrected chi connectivity index (χ2v) is 6.96. The quantitative estimate of drug-likeness (QED) is 0.520. The zero-order chi connectivity index (χ0) is 17.9. The average molecular weight is 400 g/mol. The molecule has 0 aromatic heterocycles. The number of aliphatic hydroxyl groups is 1. The minimum absolute atomic E-state index is 0.158. The number of halogens is 2. The van der Waals surface area contributed by atoms with E-state index in [0.29, 0.717) is 17.3 Å². The predicted molar refractivity (Wildman–Crippen MR) is 90.6 cm³/mol. The topological polar surface area (TPSA) is 86.6 Å². The predicted octanol–water partition coefficient (Wildman–Crippen LogP) is 3.66. The van der Waals surface area contributed by atoms with Gasteiger partial charge in [0.1, 0.15) is 11.4 Å². The van der Waals surface area contributed by atoms with E-state index in [4.69, 9.17) is 5.11 Å². The van der Waals surface area contributed by atoms with Gasteiger partial charge < -0.3 is 15.5 Å². The average Bonchev–Trinajstić information content (AvgIpc) is 2.48. The van der Waals surface area contributed by atoms with Crippen LogP contribution in [0.5, 0.6) is 0 Å². The Morgan fingerprint density at radius 1 is 1.46 bits per heavy atom. The minimum atomic E-state index is -1.52. The number of rotatable bonds is 5. The Labute approximate surface area is 147 Å². The largest absolute Gasteiger partial charge is 0.465 e. The zero-order valence-corrected chi connectivity index (χ0v) is 14.8. The summed E-state index contributed by atoms with van der Waals surface area (Å²) in [5, 5.41) is 21.7. The van der Waals surface area contributed by atoms with Crippen LogP contribution in [0, 0.1) is 5.82 Å². The van der Waals surface area contributed by atoms with E-state index in [1.165, 1.54) is 18.2 Å². The summed E-state index contributed by atoms with van der Waals surface area (Å²) in [6.45, 7) is 1.76. The third-order valence-corrected chi connectivity index (χ3v) is 4.78. The van der Waals surface area contributed by atoms with Crippen molar-refractivity contribution in [3.63, 3.8) is 0 Å². The molecule has 0 aliphatic heterocycles. The van der Waals surface area contributed by atoms with Gasteiger partial charge in [-0.25, -0.2) is 9.18 Å². The van der Waals surface area contributed by atoms with Crippen molar-refractivity contribution in [1.82, 2.24) is 5.32 Å². The number of amides is 1. The van der Waals surface area contributed by atoms with Crippen LogP contribution in [0.4, 0.5) is 9.18 Å². The van der Waals surface area contributed by atoms with Crippen molar-refractivity contribution >= 4 is 27.8 Å². The fourth-order valence-corrected chi connectivity index (χ4v) is 3.39. The first-order valence-corrected chi connectivity index (χ1v) is 8.40. The molecule has 130 valence electrons. The van der Waals surface area contributed by atoms with Gasteiger partial charge in [-0.15, -0.1) is 0 Å². The third-order valence-electron chi connectivity index (χ3n) is 4.12. The van der Waals surface area contributed by atoms with E-state index in [1.807, 2.05) is 0 Å². The summed E-state index contributed by atoms with van der Waals surface area (Å²) in [4.78, 5) is 23.2. The lowest BCUT2D eigenvalue weighted by Crippen LogP contribution is -2.40. The van der Waals surface area contributed by atoms with Crippen molar-refractivity contribution in [2.75, 3.05) is 0 Å². The van der Waals surface area contributed by atoms with Crippen LogP contribution < -0.4 is 5.32 Å². The summed E-state index contributed by atoms with van der Waals surface area (Å²) < 4.78 is 13.5. The summed E-state index contributed by atoms with van der Waals surface area (Å²) in [7, 11) is 0. The van der Waals surface area contributed by atoms with Gasteiger partial charge in [-0.2, -0.15) is 0 Å². The Balaban J connectivity index is 2.07. The second-order valence-electron chi connectivity index (χ2n) is 6.11. The molecule has 1 aliphatic carbocycles. The fourth-order valence-electron chi connectivity index (χ4n) is 2.86. The van der Waals surface area contributed by atoms with E-state index in [0.717, 1.165) is 5.57 Å². The molecule has 1 aromatic rings. The minimum Gasteiger partial charge on any atom is -0.465 e. The van der Waals surface area contributed by atoms with Crippen molar-refractivity contribution in [2.24, 2.45) is 0 Å². The summed E-state index contributed by atoms with van der Waals surface area (Å²) in [5.41, 5.74) is -0.267. The highest BCUT2D eigenvalue weighted by atomic mass is 79.9. The molecule has 24 heavy (non-hydrogen) atoms. The molecular weight excluding hydrogens is 381 g/mol. The maximum atomic E-state index is 13.2. The Bertz CT molecular complexity index is 691. The number of hydrogen-bond donors (Lipinski definition) is 3. The van der Waals surface area contributed by atoms with Gasteiger partial charge >= 0.3 is 6.09 Å². The second kappa shape index (κ2) is 7.44. The van der Waals surface area contributed by atoms with E-state index < -0.39 is 23.3 Å². The van der Waals surface area contributed by atoms with Crippen LogP contribution >= 0.6 is 15.9 Å². The lowest BCUT2D eigenvalue weighted by molar-refractivity contribution is 0.0261. The highest BCUT2D eigenvalue weighted by molar-refractivity contribution is 9.10. The Morgan fingerprint density at radius 2 is 2.17 bits per heavy atom. The maximum absolute atomic E-state index is 13.2. The summed E-state index contributed by atoms with van der Waals surface area (Å²) in [5.74, 6) is -0.905. The van der Waals surface area contributed by atoms with Gasteiger partial charge in [0, 0.05) is 22.5 Å². The van der Waals surface area contributed by atoms with Gasteiger partial charge in [-0.05, 0) is 60.3 Å². The molecule has 2 unspecified atom stereocenters. The van der Waals surface area contributed by atoms with Crippen molar-refractivity contribution in [3.05, 3.63) is 45.7 Å². The Kier molecular flexibility index (Phi) is 5.77. The number of carbonyl (C=O) groups excluding carboxylic acids is 1. The first-order chi connectivity index (χ1) is 11.2. The van der Waals surface area contributed by atoms with Gasteiger partial charge in [-0.3, -0.25) is 4.79 Å². The smallest absolute Gasteiger partial charge is 0.404 e. The summed E-state index contributed by atoms with van der Waals surface area (Å²) in [6.07, 6.45) is 2.17. The highest BCUT2D eigenvalue weighted by Crippen LogP contribution is 2.34. The molecule has 1 amide bonds. The molecule has 0 saturated carbocycles. The van der Waals surface area contributed by atoms with E-state index in [-0.39, 0.29) is 24.4 Å². The van der Waals surface area contributed by atoms with Crippen LogP contribution in [0.1, 0.15) is 43.0 Å². The third kappa shape index (κ3) is 4.42. The molecule has 0 spiro atoms. The van der Waals surface area contributed by atoms with Gasteiger partial charge in [0.25, 0.3) is 0 Å². The molecule has 0 radical (unpaired) electrons. The zero-order valence-electron chi connectivity index (χ0n) is 13.2. The normalized spacial score (nSPS) is 21.8. The van der Waals surface area contributed by atoms with Crippen molar-refractivity contribution in [2.45, 2.75) is 44.2 Å². The van der Waals surface area contributed by atoms with E-state index >= 15 is 0 Å². The van der Waals surface area contributed by atoms with Gasteiger partial charge in [-0.1, -0.05) is 11.6 Å². The van der Waals surface area contributed by atoms with Crippen LogP contribution in [0.3, 0.4) is 0 Å². The number of Topliss-reactive ketones (excluding diaryl/α,β-unsaturated/α-hetero) is 1. The summed E-state index contributed by atoms with van der Waals surface area (Å²) >= 11 is 3.15. The van der Waals surface area contributed by atoms with Crippen LogP contribution in [0.2, 0.25) is 0 Å². The first kappa shape index (κ1) is 18.6. The Hall–Kier alpha value is -1.73. The van der Waals surface area contributed by atoms with E-state index in [2.05, 4.69) is 21.2 Å². The number of carbonyl (C=O) groups is 2. The van der Waals surface area contributed by atoms with Gasteiger partial charge in [0.05, 0.1) is 0 Å². The molecule has 0 heterocycles. The van der Waals surface area contributed by atoms with Crippen LogP contribution in [0.15, 0.2) is 34.3 Å². The Morgan fingerprint density at radius 3 is 2.71 bits per heavy atom. The van der Waals surface area contributed by atoms with Crippen LogP contribution in [-0.4, -0.2) is 33.7 Å². The van der Waals surface area contributed by atoms with Crippen molar-refractivity contribution in [1.29, 1.82) is 0 Å². The molecule has 0 saturated heterocycles. The monoisotopic (exact) mass is 399 g/mol. The lowest BCUT2D eigenvalue weighted by atomic mass is 9.79. The lowest BCUT2D eigenvalue weighted by Gasteiger charge is -2.31. The molecule has 0 fully saturated rings. The number of hydrogen-bond acceptors (Lipinski definition) is 3. The van der Waals surface area contributed by atoms with Crippen LogP contribution in [0.25, 0.3) is 0 Å². The molecular formula is C17H19BrFNO4. The SMILES string of the molecule is CC(CC1=CCC(O)(C(=O)c2ccc(F)cc2Br)CC1)NC(=O)O. The van der Waals surface area contributed by atoms with E-state index in [9.17, 15) is 19.1 Å². The van der Waals surface area contributed by atoms with Crippen molar-refractivity contribution in [3.8, 4) is 0 Å². The van der Waals surface area contributed by atoms with Gasteiger partial charge in [0.15, 0.2) is 5.78 Å². The fraction of sp³-hybridized carbons (Fsp3) is 0.412. The number of carboxylic acid groups (broad SMARTS) is 1. The summed E-state index contributed by atoms with van der Waals surface area (Å²) in [6, 6.07) is 3.50. The standard InChI is InChI=1S/C17H19BrFNO4/c1-10(20-16(22)23)8-11-4-6-17(24,7-5-11)15(21)13-3-2-12(19)9-14(13)18/h2-4,9-10,20,24H,5-8H2,1H3,(H,22,23). The molecule has 3 N–H and O–H groups in total. The molecule has 1 aliphatic rings. The maximum Gasteiger partial charge on any atom is 0.404 e. The number of ketones is 1. The number of benzene rings is 1.